The normalized spacial score (nSPS) is 16.4. The Bertz CT molecular complexity index is 1640. The number of rotatable bonds is 10. The summed E-state index contributed by atoms with van der Waals surface area (Å²) in [5.41, 5.74) is 9.05. The molecule has 3 heterocycles. The Labute approximate surface area is 258 Å². The number of halogens is 2. The van der Waals surface area contributed by atoms with Gasteiger partial charge in [0.2, 0.25) is 11.9 Å². The van der Waals surface area contributed by atoms with E-state index in [1.807, 2.05) is 24.3 Å². The third kappa shape index (κ3) is 6.69. The molecular weight excluding hydrogens is 593 g/mol. The van der Waals surface area contributed by atoms with Crippen molar-refractivity contribution in [2.45, 2.75) is 25.0 Å². The SMILES string of the molecule is C=CC(=O)N[C@H]1CCOC[C@H]1Nc1ncc2cc(-c3c(Cl)c(OC)cc(OC)c3Cl)nc(NCc3cccc(N)c3)c2n1. The van der Waals surface area contributed by atoms with Gasteiger partial charge in [0.05, 0.1) is 48.6 Å². The molecule has 0 aliphatic carbocycles. The number of carbonyl (C=O) groups excluding carboxylic acids is 1. The van der Waals surface area contributed by atoms with Gasteiger partial charge in [-0.2, -0.15) is 0 Å². The molecule has 0 radical (unpaired) electrons. The molecular formula is C30H31Cl2N7O4. The second kappa shape index (κ2) is 13.3. The lowest BCUT2D eigenvalue weighted by molar-refractivity contribution is -0.117. The van der Waals surface area contributed by atoms with Crippen LogP contribution in [0.3, 0.4) is 0 Å². The van der Waals surface area contributed by atoms with Crippen molar-refractivity contribution in [3.05, 3.63) is 70.9 Å². The van der Waals surface area contributed by atoms with Crippen molar-refractivity contribution < 1.29 is 19.0 Å². The molecule has 11 nitrogen and oxygen atoms in total. The minimum absolute atomic E-state index is 0.187. The maximum atomic E-state index is 12.0. The minimum atomic E-state index is -0.257. The number of benzene rings is 2. The summed E-state index contributed by atoms with van der Waals surface area (Å²) < 4.78 is 16.6. The van der Waals surface area contributed by atoms with Gasteiger partial charge in [-0.05, 0) is 36.3 Å². The first-order valence-electron chi connectivity index (χ1n) is 13.4. The van der Waals surface area contributed by atoms with E-state index in [1.54, 1.807) is 18.3 Å². The van der Waals surface area contributed by atoms with Crippen LogP contribution in [0, 0.1) is 0 Å². The van der Waals surface area contributed by atoms with E-state index in [-0.39, 0.29) is 28.0 Å². The Hall–Kier alpha value is -4.32. The van der Waals surface area contributed by atoms with Crippen molar-refractivity contribution in [1.29, 1.82) is 0 Å². The van der Waals surface area contributed by atoms with E-state index in [4.69, 9.17) is 53.1 Å². The summed E-state index contributed by atoms with van der Waals surface area (Å²) in [6, 6.07) is 10.5. The molecule has 224 valence electrons. The first kappa shape index (κ1) is 30.1. The van der Waals surface area contributed by atoms with Gasteiger partial charge in [-0.25, -0.2) is 15.0 Å². The Morgan fingerprint density at radius 2 is 1.91 bits per heavy atom. The number of ether oxygens (including phenoxy) is 3. The van der Waals surface area contributed by atoms with Crippen molar-refractivity contribution in [3.8, 4) is 22.8 Å². The van der Waals surface area contributed by atoms with Gasteiger partial charge < -0.3 is 35.9 Å². The summed E-state index contributed by atoms with van der Waals surface area (Å²) in [5.74, 6) is 1.33. The van der Waals surface area contributed by atoms with Gasteiger partial charge in [0.25, 0.3) is 0 Å². The maximum Gasteiger partial charge on any atom is 0.243 e. The molecule has 5 N–H and O–H groups in total. The number of nitrogens with two attached hydrogens (primary N) is 1. The van der Waals surface area contributed by atoms with E-state index in [0.717, 1.165) is 5.56 Å². The molecule has 2 atom stereocenters. The number of fused-ring (bicyclic) bond motifs is 1. The average Bonchev–Trinajstić information content (AvgIpc) is 3.01. The summed E-state index contributed by atoms with van der Waals surface area (Å²) in [6.07, 6.45) is 3.56. The fraction of sp³-hybridized carbons (Fsp3) is 0.267. The predicted octanol–water partition coefficient (Wildman–Crippen LogP) is 5.08. The topological polar surface area (TPSA) is 146 Å². The lowest BCUT2D eigenvalue weighted by atomic mass is 10.0. The number of nitrogens with zero attached hydrogens (tertiary/aromatic N) is 3. The van der Waals surface area contributed by atoms with E-state index in [0.29, 0.717) is 77.3 Å². The number of amides is 1. The fourth-order valence-corrected chi connectivity index (χ4v) is 5.51. The molecule has 0 spiro atoms. The molecule has 2 aromatic heterocycles. The van der Waals surface area contributed by atoms with E-state index in [2.05, 4.69) is 27.5 Å². The number of anilines is 3. The summed E-state index contributed by atoms with van der Waals surface area (Å²) in [4.78, 5) is 26.3. The van der Waals surface area contributed by atoms with Crippen LogP contribution in [0.25, 0.3) is 22.2 Å². The highest BCUT2D eigenvalue weighted by Crippen LogP contribution is 2.46. The monoisotopic (exact) mass is 623 g/mol. The lowest BCUT2D eigenvalue weighted by Crippen LogP contribution is -2.52. The summed E-state index contributed by atoms with van der Waals surface area (Å²) in [5, 5.41) is 10.9. The second-order valence-corrected chi connectivity index (χ2v) is 10.6. The Kier molecular flexibility index (Phi) is 9.34. The number of pyridine rings is 1. The third-order valence-electron chi connectivity index (χ3n) is 6.99. The van der Waals surface area contributed by atoms with Gasteiger partial charge in [-0.15, -0.1) is 0 Å². The molecule has 0 bridgehead atoms. The summed E-state index contributed by atoms with van der Waals surface area (Å²) >= 11 is 13.5. The highest BCUT2D eigenvalue weighted by atomic mass is 35.5. The predicted molar refractivity (Wildman–Crippen MR) is 169 cm³/mol. The Balaban J connectivity index is 1.57. The number of carbonyl (C=O) groups is 1. The van der Waals surface area contributed by atoms with Crippen LogP contribution in [0.2, 0.25) is 10.0 Å². The van der Waals surface area contributed by atoms with Crippen LogP contribution in [0.4, 0.5) is 17.5 Å². The van der Waals surface area contributed by atoms with E-state index >= 15 is 0 Å². The lowest BCUT2D eigenvalue weighted by Gasteiger charge is -2.32. The Morgan fingerprint density at radius 3 is 2.60 bits per heavy atom. The van der Waals surface area contributed by atoms with Crippen LogP contribution >= 0.6 is 23.2 Å². The van der Waals surface area contributed by atoms with Gasteiger partial charge in [0.1, 0.15) is 17.0 Å². The van der Waals surface area contributed by atoms with Gasteiger partial charge in [-0.3, -0.25) is 4.79 Å². The molecule has 1 aliphatic heterocycles. The first-order valence-corrected chi connectivity index (χ1v) is 14.2. The first-order chi connectivity index (χ1) is 20.8. The van der Waals surface area contributed by atoms with Crippen molar-refractivity contribution in [2.24, 2.45) is 0 Å². The molecule has 1 saturated heterocycles. The number of aromatic nitrogens is 3. The molecule has 43 heavy (non-hydrogen) atoms. The maximum absolute atomic E-state index is 12.0. The fourth-order valence-electron chi connectivity index (χ4n) is 4.82. The zero-order valence-corrected chi connectivity index (χ0v) is 25.1. The van der Waals surface area contributed by atoms with Crippen molar-refractivity contribution in [3.63, 3.8) is 0 Å². The van der Waals surface area contributed by atoms with Crippen molar-refractivity contribution in [2.75, 3.05) is 43.8 Å². The van der Waals surface area contributed by atoms with Crippen LogP contribution < -0.4 is 31.2 Å². The van der Waals surface area contributed by atoms with Gasteiger partial charge in [0.15, 0.2) is 5.82 Å². The van der Waals surface area contributed by atoms with Gasteiger partial charge in [0, 0.05) is 42.1 Å². The summed E-state index contributed by atoms with van der Waals surface area (Å²) in [6.45, 7) is 4.86. The van der Waals surface area contributed by atoms with E-state index in [9.17, 15) is 4.79 Å². The molecule has 5 rings (SSSR count). The minimum Gasteiger partial charge on any atom is -0.495 e. The number of nitrogens with one attached hydrogen (secondary N) is 3. The van der Waals surface area contributed by atoms with Crippen LogP contribution in [-0.4, -0.2) is 60.4 Å². The Morgan fingerprint density at radius 1 is 1.14 bits per heavy atom. The van der Waals surface area contributed by atoms with Crippen LogP contribution in [-0.2, 0) is 16.1 Å². The highest BCUT2D eigenvalue weighted by Gasteiger charge is 2.28. The molecule has 4 aromatic rings. The van der Waals surface area contributed by atoms with Gasteiger partial charge >= 0.3 is 0 Å². The second-order valence-electron chi connectivity index (χ2n) is 9.80. The van der Waals surface area contributed by atoms with Gasteiger partial charge in [-0.1, -0.05) is 41.9 Å². The van der Waals surface area contributed by atoms with Crippen LogP contribution in [0.1, 0.15) is 12.0 Å². The smallest absolute Gasteiger partial charge is 0.243 e. The molecule has 0 unspecified atom stereocenters. The highest BCUT2D eigenvalue weighted by molar-refractivity contribution is 6.41. The standard InChI is InChI=1S/C30H31Cl2N7O4/c1-4-24(40)36-19-8-9-43-15-21(19)38-30-35-14-17-11-20(25-26(31)22(41-2)12-23(42-3)27(25)32)37-29(28(17)39-30)34-13-16-6-5-7-18(33)10-16/h4-7,10-12,14,19,21H,1,8-9,13,15,33H2,2-3H3,(H,34,37)(H,36,40)(H,35,38,39)/t19-,21+/m0/s1. The quantitative estimate of drug-likeness (QED) is 0.139. The molecule has 2 aromatic carbocycles. The van der Waals surface area contributed by atoms with Crippen molar-refractivity contribution in [1.82, 2.24) is 20.3 Å². The molecule has 1 aliphatic rings. The largest absolute Gasteiger partial charge is 0.495 e. The zero-order chi connectivity index (χ0) is 30.5. The van der Waals surface area contributed by atoms with E-state index in [1.165, 1.54) is 20.3 Å². The van der Waals surface area contributed by atoms with E-state index < -0.39 is 0 Å². The number of hydrogen-bond donors (Lipinski definition) is 4. The average molecular weight is 625 g/mol. The number of nitrogen functional groups attached to an aromatic ring is 1. The van der Waals surface area contributed by atoms with Crippen molar-refractivity contribution >= 4 is 57.5 Å². The number of methoxy groups -OCH3 is 2. The zero-order valence-electron chi connectivity index (χ0n) is 23.6. The summed E-state index contributed by atoms with van der Waals surface area (Å²) in [7, 11) is 3.02. The molecule has 1 amide bonds. The van der Waals surface area contributed by atoms with Crippen LogP contribution in [0.15, 0.2) is 55.3 Å². The molecule has 0 saturated carbocycles. The molecule has 13 heteroatoms. The molecule has 1 fully saturated rings. The number of hydrogen-bond acceptors (Lipinski definition) is 10. The third-order valence-corrected chi connectivity index (χ3v) is 7.74. The van der Waals surface area contributed by atoms with Crippen LogP contribution in [0.5, 0.6) is 11.5 Å².